The molecule has 0 aliphatic heterocycles. The number of hydrogen-bond donors (Lipinski definition) is 2. The van der Waals surface area contributed by atoms with Gasteiger partial charge in [0.05, 0.1) is 13.2 Å². The summed E-state index contributed by atoms with van der Waals surface area (Å²) in [5.74, 6) is 1.24. The van der Waals surface area contributed by atoms with Gasteiger partial charge in [-0.2, -0.15) is 0 Å². The van der Waals surface area contributed by atoms with E-state index in [0.717, 1.165) is 23.3 Å². The Morgan fingerprint density at radius 2 is 2.05 bits per heavy atom. The number of rotatable bonds is 7. The highest BCUT2D eigenvalue weighted by Gasteiger charge is 2.14. The van der Waals surface area contributed by atoms with Crippen molar-refractivity contribution in [3.05, 3.63) is 29.3 Å². The Bertz CT molecular complexity index is 450. The quantitative estimate of drug-likeness (QED) is 0.812. The monoisotopic (exact) mass is 314 g/mol. The molecule has 0 radical (unpaired) electrons. The van der Waals surface area contributed by atoms with Gasteiger partial charge in [-0.05, 0) is 42.9 Å². The summed E-state index contributed by atoms with van der Waals surface area (Å²) in [4.78, 5) is 11.8. The molecule has 0 bridgehead atoms. The second-order valence-corrected chi connectivity index (χ2v) is 5.58. The van der Waals surface area contributed by atoms with Gasteiger partial charge in [0, 0.05) is 6.54 Å². The molecule has 4 nitrogen and oxygen atoms in total. The lowest BCUT2D eigenvalue weighted by Crippen LogP contribution is -2.42. The van der Waals surface area contributed by atoms with Gasteiger partial charge in [-0.3, -0.25) is 4.79 Å². The minimum atomic E-state index is -0.414. The van der Waals surface area contributed by atoms with Crippen molar-refractivity contribution in [1.82, 2.24) is 5.32 Å². The first-order valence-corrected chi connectivity index (χ1v) is 7.10. The van der Waals surface area contributed by atoms with Gasteiger partial charge in [-0.1, -0.05) is 26.0 Å². The number of carbonyl (C=O) groups is 1. The standard InChI is InChI=1S/C16H26N2O2.ClH/c1-11(2)9-14(17)16(19)18-8-7-13-6-5-12(3)15(10-13)20-4;/h5-6,10-11,14H,7-9,17H2,1-4H3,(H,18,19);1H/t14-;/m0./s1. The molecule has 0 heterocycles. The van der Waals surface area contributed by atoms with Crippen LogP contribution in [-0.2, 0) is 11.2 Å². The first kappa shape index (κ1) is 19.7. The van der Waals surface area contributed by atoms with E-state index in [2.05, 4.69) is 25.2 Å². The highest BCUT2D eigenvalue weighted by molar-refractivity contribution is 5.85. The summed E-state index contributed by atoms with van der Waals surface area (Å²) in [6.07, 6.45) is 1.49. The van der Waals surface area contributed by atoms with Crippen LogP contribution in [0, 0.1) is 12.8 Å². The van der Waals surface area contributed by atoms with Crippen LogP contribution < -0.4 is 15.8 Å². The summed E-state index contributed by atoms with van der Waals surface area (Å²) < 4.78 is 5.29. The first-order valence-electron chi connectivity index (χ1n) is 7.10. The van der Waals surface area contributed by atoms with E-state index in [1.807, 2.05) is 19.1 Å². The maximum atomic E-state index is 11.8. The average molecular weight is 315 g/mol. The van der Waals surface area contributed by atoms with Gasteiger partial charge in [-0.15, -0.1) is 12.4 Å². The van der Waals surface area contributed by atoms with Crippen LogP contribution in [0.4, 0.5) is 0 Å². The van der Waals surface area contributed by atoms with Crippen LogP contribution in [0.2, 0.25) is 0 Å². The van der Waals surface area contributed by atoms with E-state index in [1.165, 1.54) is 0 Å². The van der Waals surface area contributed by atoms with Crippen LogP contribution in [0.25, 0.3) is 0 Å². The lowest BCUT2D eigenvalue weighted by molar-refractivity contribution is -0.122. The van der Waals surface area contributed by atoms with Crippen molar-refractivity contribution in [2.75, 3.05) is 13.7 Å². The summed E-state index contributed by atoms with van der Waals surface area (Å²) >= 11 is 0. The van der Waals surface area contributed by atoms with E-state index in [0.29, 0.717) is 18.9 Å². The summed E-state index contributed by atoms with van der Waals surface area (Å²) in [6.45, 7) is 6.73. The second-order valence-electron chi connectivity index (χ2n) is 5.58. The third-order valence-electron chi connectivity index (χ3n) is 3.25. The number of methoxy groups -OCH3 is 1. The Morgan fingerprint density at radius 3 is 2.62 bits per heavy atom. The molecular weight excluding hydrogens is 288 g/mol. The van der Waals surface area contributed by atoms with Gasteiger partial charge in [0.2, 0.25) is 5.91 Å². The summed E-state index contributed by atoms with van der Waals surface area (Å²) in [6, 6.07) is 5.68. The van der Waals surface area contributed by atoms with Crippen molar-refractivity contribution < 1.29 is 9.53 Å². The van der Waals surface area contributed by atoms with Crippen LogP contribution in [0.5, 0.6) is 5.75 Å². The highest BCUT2D eigenvalue weighted by atomic mass is 35.5. The van der Waals surface area contributed by atoms with E-state index in [9.17, 15) is 4.79 Å². The summed E-state index contributed by atoms with van der Waals surface area (Å²) in [5, 5.41) is 2.88. The number of hydrogen-bond acceptors (Lipinski definition) is 3. The van der Waals surface area contributed by atoms with E-state index >= 15 is 0 Å². The molecule has 1 aromatic rings. The molecule has 0 saturated heterocycles. The van der Waals surface area contributed by atoms with Crippen LogP contribution in [0.15, 0.2) is 18.2 Å². The third-order valence-corrected chi connectivity index (χ3v) is 3.25. The Hall–Kier alpha value is -1.26. The zero-order valence-electron chi connectivity index (χ0n) is 13.3. The molecule has 0 saturated carbocycles. The van der Waals surface area contributed by atoms with Crippen LogP contribution in [0.3, 0.4) is 0 Å². The molecule has 1 atom stereocenters. The van der Waals surface area contributed by atoms with Gasteiger partial charge < -0.3 is 15.8 Å². The number of aryl methyl sites for hydroxylation is 1. The first-order chi connectivity index (χ1) is 9.43. The lowest BCUT2D eigenvalue weighted by atomic mass is 10.0. The minimum absolute atomic E-state index is 0. The fraction of sp³-hybridized carbons (Fsp3) is 0.562. The molecule has 0 aromatic heterocycles. The normalized spacial score (nSPS) is 11.7. The number of ether oxygens (including phenoxy) is 1. The van der Waals surface area contributed by atoms with E-state index in [1.54, 1.807) is 7.11 Å². The van der Waals surface area contributed by atoms with Crippen molar-refractivity contribution in [3.63, 3.8) is 0 Å². The number of halogens is 1. The number of carbonyl (C=O) groups excluding carboxylic acids is 1. The fourth-order valence-electron chi connectivity index (χ4n) is 2.10. The van der Waals surface area contributed by atoms with Gasteiger partial charge in [0.15, 0.2) is 0 Å². The second kappa shape index (κ2) is 9.64. The van der Waals surface area contributed by atoms with Crippen molar-refractivity contribution >= 4 is 18.3 Å². The van der Waals surface area contributed by atoms with Crippen LogP contribution >= 0.6 is 12.4 Å². The highest BCUT2D eigenvalue weighted by Crippen LogP contribution is 2.18. The average Bonchev–Trinajstić information content (AvgIpc) is 2.39. The summed E-state index contributed by atoms with van der Waals surface area (Å²) in [5.41, 5.74) is 8.09. The van der Waals surface area contributed by atoms with Crippen molar-refractivity contribution in [2.24, 2.45) is 11.7 Å². The number of nitrogens with two attached hydrogens (primary N) is 1. The third kappa shape index (κ3) is 6.82. The molecule has 3 N–H and O–H groups in total. The van der Waals surface area contributed by atoms with Crippen LogP contribution in [0.1, 0.15) is 31.4 Å². The largest absolute Gasteiger partial charge is 0.496 e. The Kier molecular flexibility index (Phi) is 9.06. The Morgan fingerprint density at radius 1 is 1.38 bits per heavy atom. The van der Waals surface area contributed by atoms with Crippen molar-refractivity contribution in [2.45, 2.75) is 39.7 Å². The van der Waals surface area contributed by atoms with Crippen LogP contribution in [-0.4, -0.2) is 25.6 Å². The van der Waals surface area contributed by atoms with Gasteiger partial charge in [-0.25, -0.2) is 0 Å². The van der Waals surface area contributed by atoms with Gasteiger partial charge >= 0.3 is 0 Å². The topological polar surface area (TPSA) is 64.3 Å². The SMILES string of the molecule is COc1cc(CCNC(=O)[C@@H](N)CC(C)C)ccc1C.Cl. The lowest BCUT2D eigenvalue weighted by Gasteiger charge is -2.14. The molecular formula is C16H27ClN2O2. The smallest absolute Gasteiger partial charge is 0.236 e. The van der Waals surface area contributed by atoms with E-state index in [4.69, 9.17) is 10.5 Å². The maximum absolute atomic E-state index is 11.8. The molecule has 1 aromatic carbocycles. The number of amides is 1. The van der Waals surface area contributed by atoms with Crippen molar-refractivity contribution in [3.8, 4) is 5.75 Å². The molecule has 0 unspecified atom stereocenters. The number of benzene rings is 1. The zero-order valence-corrected chi connectivity index (χ0v) is 14.1. The van der Waals surface area contributed by atoms with Crippen molar-refractivity contribution in [1.29, 1.82) is 0 Å². The van der Waals surface area contributed by atoms with Gasteiger partial charge in [0.25, 0.3) is 0 Å². The maximum Gasteiger partial charge on any atom is 0.236 e. The fourth-order valence-corrected chi connectivity index (χ4v) is 2.10. The molecule has 0 aliphatic rings. The predicted molar refractivity (Wildman–Crippen MR) is 89.1 cm³/mol. The molecule has 120 valence electrons. The molecule has 21 heavy (non-hydrogen) atoms. The number of nitrogens with one attached hydrogen (secondary N) is 1. The van der Waals surface area contributed by atoms with Gasteiger partial charge in [0.1, 0.15) is 5.75 Å². The minimum Gasteiger partial charge on any atom is -0.496 e. The molecule has 1 amide bonds. The molecule has 5 heteroatoms. The Balaban J connectivity index is 0.00000400. The molecule has 1 rings (SSSR count). The molecule has 0 aliphatic carbocycles. The zero-order chi connectivity index (χ0) is 15.1. The predicted octanol–water partition coefficient (Wildman–Crippen LogP) is 2.46. The Labute approximate surface area is 133 Å². The molecule has 0 spiro atoms. The molecule has 0 fully saturated rings. The summed E-state index contributed by atoms with van der Waals surface area (Å²) in [7, 11) is 1.67. The van der Waals surface area contributed by atoms with E-state index < -0.39 is 6.04 Å². The van der Waals surface area contributed by atoms with E-state index in [-0.39, 0.29) is 18.3 Å².